The molecule has 0 N–H and O–H groups in total. The smallest absolute Gasteiger partial charge is 0.243 e. The normalized spacial score (nSPS) is 23.6. The van der Waals surface area contributed by atoms with Crippen LogP contribution in [0.5, 0.6) is 0 Å². The summed E-state index contributed by atoms with van der Waals surface area (Å²) in [6, 6.07) is 12.9. The molecule has 0 saturated carbocycles. The fraction of sp³-hybridized carbons (Fsp3) is 0.375. The first-order chi connectivity index (χ1) is 16.0. The minimum Gasteiger partial charge on any atom is -0.356 e. The number of likely N-dealkylation sites (tertiary alicyclic amines) is 1. The molecule has 2 aromatic heterocycles. The van der Waals surface area contributed by atoms with Gasteiger partial charge < -0.3 is 9.80 Å². The molecule has 8 nitrogen and oxygen atoms in total. The molecule has 3 aliphatic rings. The zero-order chi connectivity index (χ0) is 22.6. The number of anilines is 1. The number of rotatable bonds is 4. The SMILES string of the molecule is O=C(C1CN(S(=O)(=O)c2cccc3cnccc23)C1)N1CC2CN(c3ccccn3)CC2C1. The van der Waals surface area contributed by atoms with E-state index in [0.717, 1.165) is 37.4 Å². The highest BCUT2D eigenvalue weighted by Crippen LogP contribution is 2.36. The summed E-state index contributed by atoms with van der Waals surface area (Å²) >= 11 is 0. The number of benzene rings is 1. The maximum absolute atomic E-state index is 13.2. The number of hydrogen-bond acceptors (Lipinski definition) is 6. The van der Waals surface area contributed by atoms with Gasteiger partial charge in [-0.05, 0) is 24.3 Å². The summed E-state index contributed by atoms with van der Waals surface area (Å²) in [5.41, 5.74) is 0. The minimum absolute atomic E-state index is 0.0855. The molecule has 3 aliphatic heterocycles. The second kappa shape index (κ2) is 7.78. The number of aromatic nitrogens is 2. The van der Waals surface area contributed by atoms with Crippen LogP contribution in [0.4, 0.5) is 5.82 Å². The van der Waals surface area contributed by atoms with Crippen molar-refractivity contribution in [3.05, 3.63) is 61.1 Å². The van der Waals surface area contributed by atoms with E-state index >= 15 is 0 Å². The van der Waals surface area contributed by atoms with Crippen LogP contribution >= 0.6 is 0 Å². The second-order valence-corrected chi connectivity index (χ2v) is 11.1. The van der Waals surface area contributed by atoms with Crippen LogP contribution in [0, 0.1) is 17.8 Å². The molecule has 2 unspecified atom stereocenters. The van der Waals surface area contributed by atoms with Crippen molar-refractivity contribution >= 4 is 32.5 Å². The van der Waals surface area contributed by atoms with Crippen LogP contribution in [0.2, 0.25) is 0 Å². The molecule has 0 radical (unpaired) electrons. The number of hydrogen-bond donors (Lipinski definition) is 0. The molecule has 1 amide bonds. The Labute approximate surface area is 192 Å². The molecule has 6 rings (SSSR count). The third-order valence-corrected chi connectivity index (χ3v) is 9.12. The summed E-state index contributed by atoms with van der Waals surface area (Å²) in [7, 11) is -3.65. The van der Waals surface area contributed by atoms with Crippen LogP contribution < -0.4 is 4.90 Å². The minimum atomic E-state index is -3.65. The Kier molecular flexibility index (Phi) is 4.84. The fourth-order valence-electron chi connectivity index (χ4n) is 5.41. The van der Waals surface area contributed by atoms with Crippen molar-refractivity contribution in [3.63, 3.8) is 0 Å². The lowest BCUT2D eigenvalue weighted by atomic mass is 10.0. The molecule has 0 aliphatic carbocycles. The summed E-state index contributed by atoms with van der Waals surface area (Å²) in [6.07, 6.45) is 5.07. The summed E-state index contributed by atoms with van der Waals surface area (Å²) in [5, 5.41) is 1.45. The number of carbonyl (C=O) groups is 1. The fourth-order valence-corrected chi connectivity index (χ4v) is 7.15. The van der Waals surface area contributed by atoms with Crippen LogP contribution in [-0.2, 0) is 14.8 Å². The number of pyridine rings is 2. The van der Waals surface area contributed by atoms with Gasteiger partial charge in [-0.25, -0.2) is 13.4 Å². The molecule has 9 heteroatoms. The maximum atomic E-state index is 13.2. The Morgan fingerprint density at radius 2 is 1.67 bits per heavy atom. The van der Waals surface area contributed by atoms with Gasteiger partial charge >= 0.3 is 0 Å². The largest absolute Gasteiger partial charge is 0.356 e. The van der Waals surface area contributed by atoms with Crippen LogP contribution in [-0.4, -0.2) is 72.8 Å². The van der Waals surface area contributed by atoms with Gasteiger partial charge in [-0.2, -0.15) is 4.31 Å². The Hall–Kier alpha value is -3.04. The molecule has 5 heterocycles. The first kappa shape index (κ1) is 20.6. The third kappa shape index (κ3) is 3.46. The van der Waals surface area contributed by atoms with Crippen LogP contribution in [0.1, 0.15) is 0 Å². The van der Waals surface area contributed by atoms with Gasteiger partial charge in [-0.15, -0.1) is 0 Å². The van der Waals surface area contributed by atoms with E-state index in [4.69, 9.17) is 0 Å². The summed E-state index contributed by atoms with van der Waals surface area (Å²) in [4.78, 5) is 26.1. The molecule has 0 spiro atoms. The van der Waals surface area contributed by atoms with Gasteiger partial charge in [0.2, 0.25) is 15.9 Å². The van der Waals surface area contributed by atoms with Crippen molar-refractivity contribution in [2.45, 2.75) is 4.90 Å². The van der Waals surface area contributed by atoms with E-state index in [1.807, 2.05) is 35.4 Å². The van der Waals surface area contributed by atoms with E-state index in [9.17, 15) is 13.2 Å². The molecule has 170 valence electrons. The van der Waals surface area contributed by atoms with E-state index in [1.165, 1.54) is 4.31 Å². The Morgan fingerprint density at radius 3 is 2.39 bits per heavy atom. The molecular weight excluding hydrogens is 438 g/mol. The molecule has 1 aromatic carbocycles. The Morgan fingerprint density at radius 1 is 0.879 bits per heavy atom. The molecule has 3 saturated heterocycles. The van der Waals surface area contributed by atoms with Gasteiger partial charge in [0, 0.05) is 80.5 Å². The molecule has 3 aromatic rings. The Bertz CT molecular complexity index is 1290. The lowest BCUT2D eigenvalue weighted by Crippen LogP contribution is -2.56. The monoisotopic (exact) mass is 463 g/mol. The number of carbonyl (C=O) groups excluding carboxylic acids is 1. The van der Waals surface area contributed by atoms with Crippen molar-refractivity contribution in [3.8, 4) is 0 Å². The highest BCUT2D eigenvalue weighted by Gasteiger charge is 2.47. The zero-order valence-electron chi connectivity index (χ0n) is 18.1. The molecule has 0 bridgehead atoms. The highest BCUT2D eigenvalue weighted by atomic mass is 32.2. The predicted molar refractivity (Wildman–Crippen MR) is 124 cm³/mol. The highest BCUT2D eigenvalue weighted by molar-refractivity contribution is 7.89. The van der Waals surface area contributed by atoms with Gasteiger partial charge in [-0.1, -0.05) is 18.2 Å². The topological polar surface area (TPSA) is 86.7 Å². The summed E-state index contributed by atoms with van der Waals surface area (Å²) < 4.78 is 27.9. The van der Waals surface area contributed by atoms with Crippen LogP contribution in [0.3, 0.4) is 0 Å². The third-order valence-electron chi connectivity index (χ3n) is 7.23. The van der Waals surface area contributed by atoms with Gasteiger partial charge in [0.25, 0.3) is 0 Å². The van der Waals surface area contributed by atoms with Crippen molar-refractivity contribution in [1.29, 1.82) is 0 Å². The first-order valence-electron chi connectivity index (χ1n) is 11.3. The van der Waals surface area contributed by atoms with Crippen LogP contribution in [0.15, 0.2) is 66.0 Å². The average Bonchev–Trinajstić information content (AvgIpc) is 3.38. The standard InChI is InChI=1S/C24H25N5O3S/c30-24(28-13-18-11-27(12-19(18)14-28)23-6-1-2-8-26-23)20-15-29(16-20)33(31,32)22-5-3-4-17-10-25-9-7-21(17)22/h1-10,18-20H,11-16H2. The van der Waals surface area contributed by atoms with E-state index in [2.05, 4.69) is 14.9 Å². The van der Waals surface area contributed by atoms with Crippen molar-refractivity contribution in [2.75, 3.05) is 44.2 Å². The maximum Gasteiger partial charge on any atom is 0.243 e. The van der Waals surface area contributed by atoms with Crippen molar-refractivity contribution in [2.24, 2.45) is 17.8 Å². The van der Waals surface area contributed by atoms with E-state index in [-0.39, 0.29) is 29.8 Å². The average molecular weight is 464 g/mol. The lowest BCUT2D eigenvalue weighted by Gasteiger charge is -2.39. The summed E-state index contributed by atoms with van der Waals surface area (Å²) in [5.74, 6) is 1.71. The molecule has 33 heavy (non-hydrogen) atoms. The van der Waals surface area contributed by atoms with Gasteiger partial charge in [0.15, 0.2) is 0 Å². The van der Waals surface area contributed by atoms with Crippen molar-refractivity contribution < 1.29 is 13.2 Å². The van der Waals surface area contributed by atoms with Gasteiger partial charge in [0.1, 0.15) is 5.82 Å². The zero-order valence-corrected chi connectivity index (χ0v) is 18.9. The van der Waals surface area contributed by atoms with Crippen molar-refractivity contribution in [1.82, 2.24) is 19.2 Å². The number of nitrogens with zero attached hydrogens (tertiary/aromatic N) is 5. The van der Waals surface area contributed by atoms with Gasteiger partial charge in [-0.3, -0.25) is 9.78 Å². The first-order valence-corrected chi connectivity index (χ1v) is 12.7. The molecular formula is C24H25N5O3S. The van der Waals surface area contributed by atoms with E-state index in [0.29, 0.717) is 17.2 Å². The second-order valence-electron chi connectivity index (χ2n) is 9.23. The molecule has 3 fully saturated rings. The molecule has 2 atom stereocenters. The Balaban J connectivity index is 1.09. The van der Waals surface area contributed by atoms with Gasteiger partial charge in [0.05, 0.1) is 10.8 Å². The van der Waals surface area contributed by atoms with E-state index < -0.39 is 10.0 Å². The number of fused-ring (bicyclic) bond motifs is 2. The van der Waals surface area contributed by atoms with Crippen LogP contribution in [0.25, 0.3) is 10.8 Å². The number of amides is 1. The predicted octanol–water partition coefficient (Wildman–Crippen LogP) is 1.85. The quantitative estimate of drug-likeness (QED) is 0.587. The number of sulfonamides is 1. The summed E-state index contributed by atoms with van der Waals surface area (Å²) in [6.45, 7) is 3.79. The lowest BCUT2D eigenvalue weighted by molar-refractivity contribution is -0.138. The van der Waals surface area contributed by atoms with E-state index in [1.54, 1.807) is 30.6 Å².